The third-order valence-electron chi connectivity index (χ3n) is 6.13. The van der Waals surface area contributed by atoms with Gasteiger partial charge in [-0.3, -0.25) is 4.79 Å². The van der Waals surface area contributed by atoms with Gasteiger partial charge in [-0.1, -0.05) is 42.5 Å². The topological polar surface area (TPSA) is 49.8 Å². The summed E-state index contributed by atoms with van der Waals surface area (Å²) in [5, 5.41) is 9.84. The fourth-order valence-corrected chi connectivity index (χ4v) is 4.68. The Bertz CT molecular complexity index is 962. The first-order chi connectivity index (χ1) is 13.7. The van der Waals surface area contributed by atoms with Crippen molar-refractivity contribution in [1.29, 1.82) is 0 Å². The summed E-state index contributed by atoms with van der Waals surface area (Å²) in [5.41, 5.74) is 6.35. The van der Waals surface area contributed by atoms with Crippen LogP contribution in [0.4, 0.5) is 0 Å². The van der Waals surface area contributed by atoms with Crippen LogP contribution < -0.4 is 0 Å². The van der Waals surface area contributed by atoms with E-state index in [9.17, 15) is 9.90 Å². The Morgan fingerprint density at radius 3 is 2.89 bits per heavy atom. The molecule has 0 spiro atoms. The second-order valence-corrected chi connectivity index (χ2v) is 8.09. The molecule has 1 unspecified atom stereocenters. The predicted molar refractivity (Wildman–Crippen MR) is 109 cm³/mol. The fraction of sp³-hybridized carbons (Fsp3) is 0.375. The average molecular weight is 375 g/mol. The van der Waals surface area contributed by atoms with Gasteiger partial charge in [-0.15, -0.1) is 0 Å². The molecule has 2 aromatic carbocycles. The van der Waals surface area contributed by atoms with Gasteiger partial charge in [0.2, 0.25) is 0 Å². The number of fused-ring (bicyclic) bond motifs is 2. The van der Waals surface area contributed by atoms with Gasteiger partial charge >= 0.3 is 0 Å². The van der Waals surface area contributed by atoms with Crippen molar-refractivity contribution in [1.82, 2.24) is 4.90 Å². The average Bonchev–Trinajstić information content (AvgIpc) is 3.25. The molecule has 1 atom stereocenters. The molecule has 4 nitrogen and oxygen atoms in total. The van der Waals surface area contributed by atoms with Crippen molar-refractivity contribution >= 4 is 17.1 Å². The number of carbonyl (C=O) groups excluding carboxylic acids is 1. The maximum Gasteiger partial charge on any atom is 0.171 e. The Hall–Kier alpha value is -2.43. The number of aliphatic hydroxyl groups excluding tert-OH is 1. The molecule has 0 bridgehead atoms. The molecule has 1 N–H and O–H groups in total. The van der Waals surface area contributed by atoms with Crippen LogP contribution in [0.1, 0.15) is 40.7 Å². The Morgan fingerprint density at radius 2 is 2.00 bits per heavy atom. The quantitative estimate of drug-likeness (QED) is 0.837. The van der Waals surface area contributed by atoms with E-state index < -0.39 is 0 Å². The first-order valence-corrected chi connectivity index (χ1v) is 10.2. The van der Waals surface area contributed by atoms with Crippen LogP contribution in [-0.2, 0) is 29.0 Å². The maximum atomic E-state index is 12.6. The van der Waals surface area contributed by atoms with E-state index in [1.165, 1.54) is 5.56 Å². The van der Waals surface area contributed by atoms with Crippen molar-refractivity contribution in [2.24, 2.45) is 0 Å². The van der Waals surface area contributed by atoms with Crippen LogP contribution >= 0.6 is 0 Å². The van der Waals surface area contributed by atoms with Crippen molar-refractivity contribution in [3.63, 3.8) is 0 Å². The molecule has 144 valence electrons. The predicted octanol–water partition coefficient (Wildman–Crippen LogP) is 3.21. The zero-order chi connectivity index (χ0) is 19.1. The normalized spacial score (nSPS) is 24.2. The van der Waals surface area contributed by atoms with Crippen molar-refractivity contribution < 1.29 is 14.6 Å². The summed E-state index contributed by atoms with van der Waals surface area (Å²) in [6, 6.07) is 14.5. The number of piperidine rings is 1. The molecule has 0 aromatic heterocycles. The van der Waals surface area contributed by atoms with Gasteiger partial charge in [0, 0.05) is 30.6 Å². The van der Waals surface area contributed by atoms with Crippen LogP contribution in [0.3, 0.4) is 0 Å². The molecule has 1 fully saturated rings. The molecule has 0 saturated carbocycles. The molecular formula is C24H25NO3. The van der Waals surface area contributed by atoms with E-state index in [1.807, 2.05) is 24.3 Å². The zero-order valence-corrected chi connectivity index (χ0v) is 16.0. The molecule has 1 saturated heterocycles. The maximum absolute atomic E-state index is 12.6. The highest BCUT2D eigenvalue weighted by Gasteiger charge is 2.32. The second-order valence-electron chi connectivity index (χ2n) is 8.09. The highest BCUT2D eigenvalue weighted by atomic mass is 16.5. The molecule has 1 aliphatic carbocycles. The molecule has 2 heterocycles. The monoisotopic (exact) mass is 375 g/mol. The SMILES string of the molecule is O=C1Cc2ccccc2/C1=C1\OCc2cc(CCN3CCCC(O)C3)ccc21. The number of benzene rings is 2. The third-order valence-corrected chi connectivity index (χ3v) is 6.13. The van der Waals surface area contributed by atoms with E-state index in [1.54, 1.807) is 0 Å². The number of β-amino-alcohol motifs (C(OH)–C–C–N with tert-alkyl or cyclic N) is 1. The summed E-state index contributed by atoms with van der Waals surface area (Å²) in [5.74, 6) is 0.896. The van der Waals surface area contributed by atoms with E-state index in [4.69, 9.17) is 4.74 Å². The molecule has 28 heavy (non-hydrogen) atoms. The van der Waals surface area contributed by atoms with Crippen LogP contribution in [0.25, 0.3) is 11.3 Å². The first kappa shape index (κ1) is 17.7. The van der Waals surface area contributed by atoms with E-state index >= 15 is 0 Å². The molecule has 3 aliphatic rings. The number of carbonyl (C=O) groups is 1. The molecule has 2 aliphatic heterocycles. The van der Waals surface area contributed by atoms with Gasteiger partial charge in [-0.25, -0.2) is 0 Å². The summed E-state index contributed by atoms with van der Waals surface area (Å²) < 4.78 is 6.01. The van der Waals surface area contributed by atoms with Gasteiger partial charge in [-0.05, 0) is 42.5 Å². The van der Waals surface area contributed by atoms with Crippen LogP contribution in [0.15, 0.2) is 42.5 Å². The van der Waals surface area contributed by atoms with Gasteiger partial charge < -0.3 is 14.7 Å². The summed E-state index contributed by atoms with van der Waals surface area (Å²) in [4.78, 5) is 15.0. The minimum Gasteiger partial charge on any atom is -0.487 e. The minimum atomic E-state index is -0.178. The van der Waals surface area contributed by atoms with Gasteiger partial charge in [0.15, 0.2) is 5.78 Å². The molecule has 0 radical (unpaired) electrons. The molecule has 0 amide bonds. The molecular weight excluding hydrogens is 350 g/mol. The lowest BCUT2D eigenvalue weighted by atomic mass is 9.98. The number of rotatable bonds is 3. The Labute approximate surface area is 165 Å². The van der Waals surface area contributed by atoms with Crippen LogP contribution in [0.2, 0.25) is 0 Å². The molecule has 4 heteroatoms. The third kappa shape index (κ3) is 3.17. The molecule has 5 rings (SSSR count). The number of Topliss-reactive ketones (excluding diaryl/α,β-unsaturated/α-hetero) is 1. The zero-order valence-electron chi connectivity index (χ0n) is 16.0. The number of nitrogens with zero attached hydrogens (tertiary/aromatic N) is 1. The first-order valence-electron chi connectivity index (χ1n) is 10.2. The lowest BCUT2D eigenvalue weighted by molar-refractivity contribution is -0.112. The summed E-state index contributed by atoms with van der Waals surface area (Å²) in [6.07, 6.45) is 3.25. The van der Waals surface area contributed by atoms with Gasteiger partial charge in [-0.2, -0.15) is 0 Å². The van der Waals surface area contributed by atoms with E-state index in [0.717, 1.165) is 72.5 Å². The van der Waals surface area contributed by atoms with Gasteiger partial charge in [0.05, 0.1) is 11.7 Å². The van der Waals surface area contributed by atoms with Crippen LogP contribution in [0.5, 0.6) is 0 Å². The Kier molecular flexibility index (Phi) is 4.53. The fourth-order valence-electron chi connectivity index (χ4n) is 4.68. The minimum absolute atomic E-state index is 0.150. The largest absolute Gasteiger partial charge is 0.487 e. The van der Waals surface area contributed by atoms with E-state index in [2.05, 4.69) is 23.1 Å². The number of allylic oxidation sites excluding steroid dienone is 1. The van der Waals surface area contributed by atoms with Crippen molar-refractivity contribution in [3.8, 4) is 0 Å². The lowest BCUT2D eigenvalue weighted by Crippen LogP contribution is -2.39. The van der Waals surface area contributed by atoms with Crippen LogP contribution in [-0.4, -0.2) is 41.5 Å². The summed E-state index contributed by atoms with van der Waals surface area (Å²) >= 11 is 0. The van der Waals surface area contributed by atoms with Gasteiger partial charge in [0.25, 0.3) is 0 Å². The number of hydrogen-bond donors (Lipinski definition) is 1. The highest BCUT2D eigenvalue weighted by Crippen LogP contribution is 2.40. The van der Waals surface area contributed by atoms with Crippen molar-refractivity contribution in [2.75, 3.05) is 19.6 Å². The van der Waals surface area contributed by atoms with Gasteiger partial charge in [0.1, 0.15) is 12.4 Å². The number of aliphatic hydroxyl groups is 1. The number of ether oxygens (including phenoxy) is 1. The molecule has 2 aromatic rings. The Morgan fingerprint density at radius 1 is 1.11 bits per heavy atom. The van der Waals surface area contributed by atoms with E-state index in [0.29, 0.717) is 13.0 Å². The van der Waals surface area contributed by atoms with E-state index in [-0.39, 0.29) is 11.9 Å². The summed E-state index contributed by atoms with van der Waals surface area (Å²) in [6.45, 7) is 3.35. The Balaban J connectivity index is 1.38. The number of likely N-dealkylation sites (tertiary alicyclic amines) is 1. The summed E-state index contributed by atoms with van der Waals surface area (Å²) in [7, 11) is 0. The standard InChI is InChI=1S/C24H25NO3/c26-19-5-3-10-25(14-19)11-9-16-7-8-21-18(12-16)15-28-24(21)23-20-6-2-1-4-17(20)13-22(23)27/h1-2,4,6-8,12,19,26H,3,5,9-11,13-15H2/b24-23+. The number of hydrogen-bond acceptors (Lipinski definition) is 4. The second kappa shape index (κ2) is 7.19. The lowest BCUT2D eigenvalue weighted by Gasteiger charge is -2.29. The van der Waals surface area contributed by atoms with Crippen molar-refractivity contribution in [3.05, 3.63) is 70.3 Å². The van der Waals surface area contributed by atoms with Crippen LogP contribution in [0, 0.1) is 0 Å². The van der Waals surface area contributed by atoms with Crippen molar-refractivity contribution in [2.45, 2.75) is 38.4 Å². The number of ketones is 1. The smallest absolute Gasteiger partial charge is 0.171 e. The highest BCUT2D eigenvalue weighted by molar-refractivity contribution is 6.31.